The lowest BCUT2D eigenvalue weighted by Gasteiger charge is -2.12. The van der Waals surface area contributed by atoms with Crippen LogP contribution in [0.25, 0.3) is 0 Å². The van der Waals surface area contributed by atoms with Crippen molar-refractivity contribution in [1.82, 2.24) is 9.97 Å². The van der Waals surface area contributed by atoms with Crippen LogP contribution < -0.4 is 5.32 Å². The number of aryl methyl sites for hydroxylation is 1. The fourth-order valence-electron chi connectivity index (χ4n) is 1.58. The lowest BCUT2D eigenvalue weighted by Crippen LogP contribution is -2.08. The summed E-state index contributed by atoms with van der Waals surface area (Å²) >= 11 is 0. The molecular formula is C13H12F3N3. The van der Waals surface area contributed by atoms with Gasteiger partial charge in [-0.25, -0.2) is 9.97 Å². The largest absolute Gasteiger partial charge is 0.416 e. The molecule has 0 fully saturated rings. The highest BCUT2D eigenvalue weighted by Gasteiger charge is 2.30. The molecule has 0 unspecified atom stereocenters. The Hall–Kier alpha value is -2.11. The van der Waals surface area contributed by atoms with Crippen molar-refractivity contribution in [1.29, 1.82) is 0 Å². The SMILES string of the molecule is Cc1ccc(C(F)(F)F)cc1NCc1ncccn1. The zero-order valence-electron chi connectivity index (χ0n) is 10.2. The second-order valence-corrected chi connectivity index (χ2v) is 4.05. The number of rotatable bonds is 3. The average molecular weight is 267 g/mol. The van der Waals surface area contributed by atoms with E-state index in [1.165, 1.54) is 6.07 Å². The third-order valence-electron chi connectivity index (χ3n) is 2.62. The summed E-state index contributed by atoms with van der Waals surface area (Å²) in [6, 6.07) is 5.29. The van der Waals surface area contributed by atoms with Gasteiger partial charge in [-0.05, 0) is 30.7 Å². The van der Waals surface area contributed by atoms with Crippen LogP contribution in [0, 0.1) is 6.92 Å². The first kappa shape index (κ1) is 13.3. The van der Waals surface area contributed by atoms with E-state index >= 15 is 0 Å². The van der Waals surface area contributed by atoms with Gasteiger partial charge < -0.3 is 5.32 Å². The summed E-state index contributed by atoms with van der Waals surface area (Å²) in [5.74, 6) is 0.527. The van der Waals surface area contributed by atoms with Crippen LogP contribution in [-0.2, 0) is 12.7 Å². The predicted octanol–water partition coefficient (Wildman–Crippen LogP) is 3.42. The Labute approximate surface area is 108 Å². The quantitative estimate of drug-likeness (QED) is 0.926. The molecule has 19 heavy (non-hydrogen) atoms. The molecule has 0 atom stereocenters. The first-order valence-electron chi connectivity index (χ1n) is 5.64. The van der Waals surface area contributed by atoms with Crippen molar-refractivity contribution in [3.8, 4) is 0 Å². The number of anilines is 1. The second-order valence-electron chi connectivity index (χ2n) is 4.05. The molecule has 0 radical (unpaired) electrons. The minimum atomic E-state index is -4.34. The van der Waals surface area contributed by atoms with Gasteiger partial charge in [0.15, 0.2) is 0 Å². The molecule has 0 saturated heterocycles. The first-order valence-corrected chi connectivity index (χ1v) is 5.64. The lowest BCUT2D eigenvalue weighted by atomic mass is 10.1. The summed E-state index contributed by atoms with van der Waals surface area (Å²) in [4.78, 5) is 8.00. The van der Waals surface area contributed by atoms with Gasteiger partial charge in [0.25, 0.3) is 0 Å². The van der Waals surface area contributed by atoms with E-state index in [2.05, 4.69) is 15.3 Å². The van der Waals surface area contributed by atoms with Gasteiger partial charge in [0.05, 0.1) is 12.1 Å². The number of aromatic nitrogens is 2. The van der Waals surface area contributed by atoms with Gasteiger partial charge in [0.1, 0.15) is 5.82 Å². The third kappa shape index (κ3) is 3.43. The van der Waals surface area contributed by atoms with E-state index in [1.54, 1.807) is 25.4 Å². The van der Waals surface area contributed by atoms with E-state index < -0.39 is 11.7 Å². The highest BCUT2D eigenvalue weighted by molar-refractivity contribution is 5.53. The molecule has 3 nitrogen and oxygen atoms in total. The van der Waals surface area contributed by atoms with Crippen molar-refractivity contribution in [3.63, 3.8) is 0 Å². The molecule has 2 aromatic rings. The summed E-state index contributed by atoms with van der Waals surface area (Å²) in [7, 11) is 0. The van der Waals surface area contributed by atoms with Gasteiger partial charge in [0.2, 0.25) is 0 Å². The zero-order chi connectivity index (χ0) is 13.9. The summed E-state index contributed by atoms with van der Waals surface area (Å²) < 4.78 is 37.8. The molecule has 1 heterocycles. The third-order valence-corrected chi connectivity index (χ3v) is 2.62. The Kier molecular flexibility index (Phi) is 3.69. The minimum absolute atomic E-state index is 0.281. The summed E-state index contributed by atoms with van der Waals surface area (Å²) in [5.41, 5.74) is 0.501. The Balaban J connectivity index is 2.16. The normalized spacial score (nSPS) is 11.4. The van der Waals surface area contributed by atoms with Crippen molar-refractivity contribution in [2.75, 3.05) is 5.32 Å². The molecule has 2 rings (SSSR count). The topological polar surface area (TPSA) is 37.8 Å². The highest BCUT2D eigenvalue weighted by atomic mass is 19.4. The Morgan fingerprint density at radius 3 is 2.47 bits per heavy atom. The van der Waals surface area contributed by atoms with E-state index in [-0.39, 0.29) is 6.54 Å². The van der Waals surface area contributed by atoms with Crippen molar-refractivity contribution in [3.05, 3.63) is 53.6 Å². The van der Waals surface area contributed by atoms with Crippen LogP contribution in [0.3, 0.4) is 0 Å². The number of nitrogens with zero attached hydrogens (tertiary/aromatic N) is 2. The standard InChI is InChI=1S/C13H12F3N3/c1-9-3-4-10(13(14,15)16)7-11(9)19-8-12-17-5-2-6-18-12/h2-7,19H,8H2,1H3. The zero-order valence-corrected chi connectivity index (χ0v) is 10.2. The van der Waals surface area contributed by atoms with E-state index in [9.17, 15) is 13.2 Å². The molecule has 0 amide bonds. The van der Waals surface area contributed by atoms with E-state index in [0.29, 0.717) is 11.5 Å². The average Bonchev–Trinajstić information content (AvgIpc) is 2.37. The van der Waals surface area contributed by atoms with Crippen LogP contribution in [0.4, 0.5) is 18.9 Å². The molecule has 0 aliphatic heterocycles. The number of benzene rings is 1. The summed E-state index contributed by atoms with van der Waals surface area (Å²) in [6.07, 6.45) is -1.17. The number of hydrogen-bond acceptors (Lipinski definition) is 3. The van der Waals surface area contributed by atoms with Gasteiger partial charge in [-0.15, -0.1) is 0 Å². The molecule has 6 heteroatoms. The van der Waals surface area contributed by atoms with Gasteiger partial charge in [-0.2, -0.15) is 13.2 Å². The van der Waals surface area contributed by atoms with Gasteiger partial charge >= 0.3 is 6.18 Å². The predicted molar refractivity (Wildman–Crippen MR) is 65.5 cm³/mol. The van der Waals surface area contributed by atoms with E-state index in [4.69, 9.17) is 0 Å². The maximum atomic E-state index is 12.6. The maximum Gasteiger partial charge on any atom is 0.416 e. The van der Waals surface area contributed by atoms with E-state index in [1.807, 2.05) is 0 Å². The van der Waals surface area contributed by atoms with Crippen molar-refractivity contribution in [2.45, 2.75) is 19.6 Å². The van der Waals surface area contributed by atoms with Gasteiger partial charge in [-0.1, -0.05) is 6.07 Å². The Morgan fingerprint density at radius 2 is 1.84 bits per heavy atom. The van der Waals surface area contributed by atoms with Crippen molar-refractivity contribution in [2.24, 2.45) is 0 Å². The Morgan fingerprint density at radius 1 is 1.16 bits per heavy atom. The number of halogens is 3. The molecule has 0 saturated carbocycles. The summed E-state index contributed by atoms with van der Waals surface area (Å²) in [6.45, 7) is 2.03. The van der Waals surface area contributed by atoms with Crippen LogP contribution in [0.2, 0.25) is 0 Å². The molecule has 0 aliphatic rings. The summed E-state index contributed by atoms with van der Waals surface area (Å²) in [5, 5.41) is 2.92. The number of alkyl halides is 3. The Bertz CT molecular complexity index is 553. The molecule has 0 spiro atoms. The molecule has 1 aromatic heterocycles. The lowest BCUT2D eigenvalue weighted by molar-refractivity contribution is -0.137. The minimum Gasteiger partial charge on any atom is -0.378 e. The molecular weight excluding hydrogens is 255 g/mol. The van der Waals surface area contributed by atoms with Crippen LogP contribution >= 0.6 is 0 Å². The second kappa shape index (κ2) is 5.26. The van der Waals surface area contributed by atoms with Crippen molar-refractivity contribution < 1.29 is 13.2 Å². The van der Waals surface area contributed by atoms with Crippen LogP contribution in [0.5, 0.6) is 0 Å². The number of hydrogen-bond donors (Lipinski definition) is 1. The fourth-order valence-corrected chi connectivity index (χ4v) is 1.58. The highest BCUT2D eigenvalue weighted by Crippen LogP contribution is 2.32. The van der Waals surface area contributed by atoms with Crippen LogP contribution in [-0.4, -0.2) is 9.97 Å². The molecule has 100 valence electrons. The molecule has 1 N–H and O–H groups in total. The maximum absolute atomic E-state index is 12.6. The van der Waals surface area contributed by atoms with Crippen LogP contribution in [0.1, 0.15) is 17.0 Å². The first-order chi connectivity index (χ1) is 8.97. The monoisotopic (exact) mass is 267 g/mol. The van der Waals surface area contributed by atoms with Gasteiger partial charge in [0, 0.05) is 18.1 Å². The van der Waals surface area contributed by atoms with Gasteiger partial charge in [-0.3, -0.25) is 0 Å². The van der Waals surface area contributed by atoms with Crippen LogP contribution in [0.15, 0.2) is 36.7 Å². The van der Waals surface area contributed by atoms with E-state index in [0.717, 1.165) is 17.7 Å². The molecule has 1 aromatic carbocycles. The molecule has 0 aliphatic carbocycles. The molecule has 0 bridgehead atoms. The number of nitrogens with one attached hydrogen (secondary N) is 1. The van der Waals surface area contributed by atoms with Crippen molar-refractivity contribution >= 4 is 5.69 Å². The smallest absolute Gasteiger partial charge is 0.378 e. The fraction of sp³-hybridized carbons (Fsp3) is 0.231.